The second-order valence-corrected chi connectivity index (χ2v) is 13.7. The van der Waals surface area contributed by atoms with Crippen LogP contribution in [0.15, 0.2) is 85.2 Å². The Labute approximate surface area is 314 Å². The van der Waals surface area contributed by atoms with Crippen LogP contribution in [0.4, 0.5) is 24.8 Å². The fourth-order valence-corrected chi connectivity index (χ4v) is 6.14. The zero-order valence-corrected chi connectivity index (χ0v) is 30.8. The van der Waals surface area contributed by atoms with Crippen molar-refractivity contribution in [2.24, 2.45) is 0 Å². The van der Waals surface area contributed by atoms with Gasteiger partial charge in [0.05, 0.1) is 16.7 Å². The standard InChI is InChI=1S/C20H23F3N4O.C19H23ClN4O/c1-26-9-11-27(12-10-26)18-6-5-16(14-25-18)19(28)24-8-7-15-3-2-4-17(13-15)20(21,22)23;1-23-9-11-24(12-10-23)18-6-5-16(14-22-18)19(25)21-8-7-15-3-2-4-17(20)13-15/h2-6,13-14H,7-12H2,1H3,(H,24,28);2-6,13-14H,7-12H2,1H3,(H,21,25). The summed E-state index contributed by atoms with van der Waals surface area (Å²) in [5.41, 5.74) is 1.97. The van der Waals surface area contributed by atoms with Gasteiger partial charge in [0.2, 0.25) is 0 Å². The number of anilines is 2. The maximum Gasteiger partial charge on any atom is 0.416 e. The van der Waals surface area contributed by atoms with E-state index in [4.69, 9.17) is 11.6 Å². The van der Waals surface area contributed by atoms with E-state index in [0.717, 1.165) is 88.1 Å². The van der Waals surface area contributed by atoms with Crippen LogP contribution in [0.25, 0.3) is 0 Å². The quantitative estimate of drug-likeness (QED) is 0.226. The van der Waals surface area contributed by atoms with Crippen molar-refractivity contribution < 1.29 is 22.8 Å². The van der Waals surface area contributed by atoms with Crippen molar-refractivity contribution in [3.8, 4) is 0 Å². The fourth-order valence-electron chi connectivity index (χ4n) is 5.93. The zero-order valence-electron chi connectivity index (χ0n) is 30.1. The van der Waals surface area contributed by atoms with Gasteiger partial charge < -0.3 is 30.2 Å². The van der Waals surface area contributed by atoms with E-state index in [1.165, 1.54) is 12.3 Å². The summed E-state index contributed by atoms with van der Waals surface area (Å²) in [4.78, 5) is 42.3. The van der Waals surface area contributed by atoms with Gasteiger partial charge in [-0.05, 0) is 80.5 Å². The highest BCUT2D eigenvalue weighted by Gasteiger charge is 2.30. The lowest BCUT2D eigenvalue weighted by atomic mass is 10.1. The number of hydrogen-bond donors (Lipinski definition) is 2. The third kappa shape index (κ3) is 12.2. The van der Waals surface area contributed by atoms with Gasteiger partial charge in [0.25, 0.3) is 11.8 Å². The number of nitrogens with zero attached hydrogens (tertiary/aromatic N) is 6. The van der Waals surface area contributed by atoms with Crippen molar-refractivity contribution in [1.82, 2.24) is 30.4 Å². The molecule has 4 aromatic rings. The highest BCUT2D eigenvalue weighted by atomic mass is 35.5. The summed E-state index contributed by atoms with van der Waals surface area (Å²) in [7, 11) is 4.21. The Morgan fingerprint density at radius 2 is 1.11 bits per heavy atom. The number of carbonyl (C=O) groups excluding carboxylic acids is 2. The van der Waals surface area contributed by atoms with Crippen LogP contribution in [-0.2, 0) is 19.0 Å². The van der Waals surface area contributed by atoms with Crippen LogP contribution in [0.1, 0.15) is 37.4 Å². The topological polar surface area (TPSA) is 96.9 Å². The second kappa shape index (κ2) is 18.9. The fraction of sp³-hybridized carbons (Fsp3) is 0.385. The van der Waals surface area contributed by atoms with Gasteiger partial charge in [-0.1, -0.05) is 41.9 Å². The van der Waals surface area contributed by atoms with E-state index in [2.05, 4.69) is 54.3 Å². The highest BCUT2D eigenvalue weighted by Crippen LogP contribution is 2.29. The number of hydrogen-bond acceptors (Lipinski definition) is 8. The molecular weight excluding hydrogens is 705 g/mol. The first kappa shape index (κ1) is 39.5. The van der Waals surface area contributed by atoms with Gasteiger partial charge in [0.15, 0.2) is 0 Å². The molecule has 2 fully saturated rings. The minimum absolute atomic E-state index is 0.0977. The van der Waals surface area contributed by atoms with Crippen LogP contribution in [0.5, 0.6) is 0 Å². The lowest BCUT2D eigenvalue weighted by Crippen LogP contribution is -2.44. The molecule has 0 unspecified atom stereocenters. The molecule has 2 saturated heterocycles. The maximum absolute atomic E-state index is 12.7. The van der Waals surface area contributed by atoms with Gasteiger partial charge in [0.1, 0.15) is 11.6 Å². The SMILES string of the molecule is CN1CCN(c2ccc(C(=O)NCCc3cccc(C(F)(F)F)c3)cn2)CC1.CN1CCN(c2ccc(C(=O)NCCc3cccc(Cl)c3)cn2)CC1. The first-order chi connectivity index (χ1) is 25.4. The van der Waals surface area contributed by atoms with Gasteiger partial charge in [-0.15, -0.1) is 0 Å². The van der Waals surface area contributed by atoms with Crippen LogP contribution in [0.2, 0.25) is 5.02 Å². The molecule has 4 heterocycles. The average Bonchev–Trinajstić information content (AvgIpc) is 3.16. The van der Waals surface area contributed by atoms with Gasteiger partial charge in [-0.2, -0.15) is 13.2 Å². The van der Waals surface area contributed by atoms with E-state index in [1.54, 1.807) is 18.3 Å². The molecule has 0 radical (unpaired) electrons. The number of carbonyl (C=O) groups is 2. The normalized spacial score (nSPS) is 15.4. The number of rotatable bonds is 10. The number of likely N-dealkylation sites (N-methyl/N-ethyl adjacent to an activating group) is 2. The van der Waals surface area contributed by atoms with Crippen molar-refractivity contribution >= 4 is 35.1 Å². The smallest absolute Gasteiger partial charge is 0.354 e. The van der Waals surface area contributed by atoms with E-state index >= 15 is 0 Å². The van der Waals surface area contributed by atoms with Crippen molar-refractivity contribution in [3.63, 3.8) is 0 Å². The molecule has 10 nitrogen and oxygen atoms in total. The predicted molar refractivity (Wildman–Crippen MR) is 203 cm³/mol. The first-order valence-electron chi connectivity index (χ1n) is 17.7. The molecule has 282 valence electrons. The number of aromatic nitrogens is 2. The molecule has 2 aromatic heterocycles. The van der Waals surface area contributed by atoms with Crippen LogP contribution in [0.3, 0.4) is 0 Å². The lowest BCUT2D eigenvalue weighted by molar-refractivity contribution is -0.137. The third-order valence-electron chi connectivity index (χ3n) is 9.22. The second-order valence-electron chi connectivity index (χ2n) is 13.2. The first-order valence-corrected chi connectivity index (χ1v) is 18.1. The van der Waals surface area contributed by atoms with Crippen LogP contribution < -0.4 is 20.4 Å². The van der Waals surface area contributed by atoms with E-state index in [-0.39, 0.29) is 18.4 Å². The summed E-state index contributed by atoms with van der Waals surface area (Å²) in [5, 5.41) is 6.37. The Morgan fingerprint density at radius 1 is 0.660 bits per heavy atom. The van der Waals surface area contributed by atoms with Crippen molar-refractivity contribution in [1.29, 1.82) is 0 Å². The molecule has 2 aliphatic rings. The van der Waals surface area contributed by atoms with E-state index in [1.807, 2.05) is 42.5 Å². The van der Waals surface area contributed by atoms with Crippen molar-refractivity contribution in [2.75, 3.05) is 89.3 Å². The summed E-state index contributed by atoms with van der Waals surface area (Å²) >= 11 is 5.97. The van der Waals surface area contributed by atoms with E-state index < -0.39 is 11.7 Å². The Hall–Kier alpha value is -4.72. The number of halogens is 4. The molecule has 2 aliphatic heterocycles. The molecule has 0 saturated carbocycles. The molecule has 0 spiro atoms. The van der Waals surface area contributed by atoms with Crippen LogP contribution >= 0.6 is 11.6 Å². The molecule has 0 aliphatic carbocycles. The third-order valence-corrected chi connectivity index (χ3v) is 9.45. The summed E-state index contributed by atoms with van der Waals surface area (Å²) in [6.45, 7) is 8.56. The largest absolute Gasteiger partial charge is 0.416 e. The minimum Gasteiger partial charge on any atom is -0.354 e. The summed E-state index contributed by atoms with van der Waals surface area (Å²) in [6, 6.07) is 20.1. The Bertz CT molecular complexity index is 1780. The van der Waals surface area contributed by atoms with Gasteiger partial charge >= 0.3 is 6.18 Å². The minimum atomic E-state index is -4.36. The van der Waals surface area contributed by atoms with Crippen molar-refractivity contribution in [2.45, 2.75) is 19.0 Å². The zero-order chi connectivity index (χ0) is 37.8. The molecule has 6 rings (SSSR count). The van der Waals surface area contributed by atoms with Gasteiger partial charge in [-0.3, -0.25) is 9.59 Å². The number of alkyl halides is 3. The van der Waals surface area contributed by atoms with E-state index in [9.17, 15) is 22.8 Å². The van der Waals surface area contributed by atoms with E-state index in [0.29, 0.717) is 34.7 Å². The average molecular weight is 751 g/mol. The highest BCUT2D eigenvalue weighted by molar-refractivity contribution is 6.30. The van der Waals surface area contributed by atoms with Gasteiger partial charge in [0, 0.05) is 82.9 Å². The summed E-state index contributed by atoms with van der Waals surface area (Å²) in [5.74, 6) is 1.39. The predicted octanol–water partition coefficient (Wildman–Crippen LogP) is 5.28. The molecule has 2 aromatic carbocycles. The molecular formula is C39H46ClF3N8O2. The molecule has 53 heavy (non-hydrogen) atoms. The number of pyridine rings is 2. The van der Waals surface area contributed by atoms with Crippen LogP contribution in [-0.4, -0.2) is 111 Å². The molecule has 14 heteroatoms. The lowest BCUT2D eigenvalue weighted by Gasteiger charge is -2.33. The monoisotopic (exact) mass is 750 g/mol. The van der Waals surface area contributed by atoms with Crippen LogP contribution in [0, 0.1) is 0 Å². The summed E-state index contributed by atoms with van der Waals surface area (Å²) in [6.07, 6.45) is -0.104. The molecule has 2 amide bonds. The molecule has 0 bridgehead atoms. The summed E-state index contributed by atoms with van der Waals surface area (Å²) < 4.78 is 38.2. The Kier molecular flexibility index (Phi) is 14.0. The number of piperazine rings is 2. The maximum atomic E-state index is 12.7. The number of benzene rings is 2. The Balaban J connectivity index is 0.000000206. The van der Waals surface area contributed by atoms with Gasteiger partial charge in [-0.25, -0.2) is 9.97 Å². The molecule has 0 atom stereocenters. The number of nitrogens with one attached hydrogen (secondary N) is 2. The molecule has 2 N–H and O–H groups in total. The Morgan fingerprint density at radius 3 is 1.53 bits per heavy atom. The van der Waals surface area contributed by atoms with Crippen molar-refractivity contribution in [3.05, 3.63) is 118 Å². The number of amides is 2.